The summed E-state index contributed by atoms with van der Waals surface area (Å²) >= 11 is 0. The number of aromatic nitrogens is 3. The number of pyridine rings is 1. The number of rotatable bonds is 7. The summed E-state index contributed by atoms with van der Waals surface area (Å²) < 4.78 is 0. The fourth-order valence-corrected chi connectivity index (χ4v) is 3.36. The molecule has 5 N–H and O–H groups in total. The Morgan fingerprint density at radius 1 is 1.06 bits per heavy atom. The Hall–Kier alpha value is -4.20. The zero-order chi connectivity index (χ0) is 21.8. The summed E-state index contributed by atoms with van der Waals surface area (Å²) in [5.41, 5.74) is 8.86. The summed E-state index contributed by atoms with van der Waals surface area (Å²) in [7, 11) is 0. The van der Waals surface area contributed by atoms with Crippen LogP contribution in [0.1, 0.15) is 22.3 Å². The Kier molecular flexibility index (Phi) is 5.61. The molecule has 2 amide bonds. The highest BCUT2D eigenvalue weighted by atomic mass is 16.3. The number of para-hydroxylation sites is 1. The Labute approximate surface area is 178 Å². The minimum atomic E-state index is -0.838. The van der Waals surface area contributed by atoms with E-state index in [4.69, 9.17) is 5.73 Å². The van der Waals surface area contributed by atoms with Crippen molar-refractivity contribution >= 4 is 22.8 Å². The van der Waals surface area contributed by atoms with Gasteiger partial charge in [0, 0.05) is 18.0 Å². The van der Waals surface area contributed by atoms with Crippen LogP contribution in [-0.2, 0) is 11.2 Å². The predicted molar refractivity (Wildman–Crippen MR) is 116 cm³/mol. The number of aromatic hydroxyl groups is 1. The third kappa shape index (κ3) is 4.53. The summed E-state index contributed by atoms with van der Waals surface area (Å²) in [5.74, 6) is -0.246. The van der Waals surface area contributed by atoms with Gasteiger partial charge in [0.2, 0.25) is 5.91 Å². The number of aromatic amines is 1. The minimum Gasteiger partial charge on any atom is -0.508 e. The van der Waals surface area contributed by atoms with Crippen LogP contribution in [0.25, 0.3) is 22.4 Å². The van der Waals surface area contributed by atoms with E-state index in [2.05, 4.69) is 20.3 Å². The number of amides is 2. The quantitative estimate of drug-likeness (QED) is 0.368. The Morgan fingerprint density at radius 2 is 1.81 bits per heavy atom. The number of hydrogen-bond acceptors (Lipinski definition) is 5. The molecular weight excluding hydrogens is 394 g/mol. The number of carbonyl (C=O) groups excluding carboxylic acids is 2. The van der Waals surface area contributed by atoms with Crippen molar-refractivity contribution in [1.29, 1.82) is 0 Å². The maximum Gasteiger partial charge on any atom is 0.254 e. The molecule has 4 rings (SSSR count). The molecular formula is C23H21N5O3. The van der Waals surface area contributed by atoms with Gasteiger partial charge < -0.3 is 21.1 Å². The number of benzene rings is 2. The summed E-state index contributed by atoms with van der Waals surface area (Å²) in [6.45, 7) is 0. The average Bonchev–Trinajstić information content (AvgIpc) is 3.22. The van der Waals surface area contributed by atoms with Crippen LogP contribution in [0.4, 0.5) is 0 Å². The number of imidazole rings is 1. The number of nitrogens with two attached hydrogens (primary N) is 1. The molecule has 156 valence electrons. The van der Waals surface area contributed by atoms with Crippen LogP contribution in [0.5, 0.6) is 5.75 Å². The first kappa shape index (κ1) is 20.1. The Bertz CT molecular complexity index is 1220. The monoisotopic (exact) mass is 415 g/mol. The van der Waals surface area contributed by atoms with Crippen molar-refractivity contribution in [1.82, 2.24) is 20.3 Å². The van der Waals surface area contributed by atoms with Gasteiger partial charge in [-0.15, -0.1) is 0 Å². The number of phenolic OH excluding ortho intramolecular Hbond substituents is 1. The van der Waals surface area contributed by atoms with Crippen molar-refractivity contribution in [3.05, 3.63) is 78.1 Å². The fraction of sp³-hybridized carbons (Fsp3) is 0.130. The Balaban J connectivity index is 1.54. The van der Waals surface area contributed by atoms with Crippen molar-refractivity contribution in [3.63, 3.8) is 0 Å². The highest BCUT2D eigenvalue weighted by Gasteiger charge is 2.21. The van der Waals surface area contributed by atoms with Crippen molar-refractivity contribution in [2.75, 3.05) is 0 Å². The topological polar surface area (TPSA) is 134 Å². The summed E-state index contributed by atoms with van der Waals surface area (Å²) in [6.07, 6.45) is 4.20. The molecule has 2 aromatic heterocycles. The normalized spacial score (nSPS) is 11.9. The van der Waals surface area contributed by atoms with E-state index >= 15 is 0 Å². The molecule has 1 unspecified atom stereocenters. The Morgan fingerprint density at radius 3 is 2.52 bits per heavy atom. The highest BCUT2D eigenvalue weighted by Crippen LogP contribution is 2.22. The van der Waals surface area contributed by atoms with Crippen LogP contribution >= 0.6 is 0 Å². The minimum absolute atomic E-state index is 0.168. The van der Waals surface area contributed by atoms with Gasteiger partial charge in [0.15, 0.2) is 0 Å². The van der Waals surface area contributed by atoms with Gasteiger partial charge in [0.05, 0.1) is 11.1 Å². The first-order chi connectivity index (χ1) is 15.0. The fourth-order valence-electron chi connectivity index (χ4n) is 3.36. The molecule has 8 nitrogen and oxygen atoms in total. The van der Waals surface area contributed by atoms with Crippen molar-refractivity contribution in [2.24, 2.45) is 5.73 Å². The summed E-state index contributed by atoms with van der Waals surface area (Å²) in [5, 5.41) is 12.1. The lowest BCUT2D eigenvalue weighted by molar-refractivity contribution is -0.120. The van der Waals surface area contributed by atoms with Gasteiger partial charge in [-0.1, -0.05) is 18.2 Å². The maximum absolute atomic E-state index is 13.0. The molecule has 2 heterocycles. The molecule has 0 aliphatic rings. The van der Waals surface area contributed by atoms with Crippen LogP contribution in [-0.4, -0.2) is 37.9 Å². The molecule has 1 atom stereocenters. The van der Waals surface area contributed by atoms with Crippen LogP contribution < -0.4 is 11.1 Å². The number of H-pyrrole nitrogens is 1. The van der Waals surface area contributed by atoms with Gasteiger partial charge in [-0.2, -0.15) is 0 Å². The number of nitrogens with one attached hydrogen (secondary N) is 2. The number of aryl methyl sites for hydroxylation is 1. The van der Waals surface area contributed by atoms with E-state index < -0.39 is 17.9 Å². The van der Waals surface area contributed by atoms with E-state index in [1.807, 2.05) is 18.2 Å². The summed E-state index contributed by atoms with van der Waals surface area (Å²) in [4.78, 5) is 36.7. The lowest BCUT2D eigenvalue weighted by Crippen LogP contribution is -2.44. The summed E-state index contributed by atoms with van der Waals surface area (Å²) in [6, 6.07) is 14.7. The third-order valence-electron chi connectivity index (χ3n) is 5.02. The lowest BCUT2D eigenvalue weighted by atomic mass is 10.0. The molecule has 0 aliphatic heterocycles. The average molecular weight is 415 g/mol. The van der Waals surface area contributed by atoms with Crippen LogP contribution in [0.3, 0.4) is 0 Å². The van der Waals surface area contributed by atoms with Crippen LogP contribution in [0, 0.1) is 0 Å². The van der Waals surface area contributed by atoms with Gasteiger partial charge in [-0.3, -0.25) is 14.6 Å². The van der Waals surface area contributed by atoms with Crippen molar-refractivity contribution in [2.45, 2.75) is 18.9 Å². The second-order valence-corrected chi connectivity index (χ2v) is 7.16. The van der Waals surface area contributed by atoms with Gasteiger partial charge in [0.1, 0.15) is 23.1 Å². The highest BCUT2D eigenvalue weighted by molar-refractivity contribution is 6.06. The SMILES string of the molecule is NC(=O)C(CCc1ccc(O)cc1)NC(=O)c1cccc2[nH]c(-c3ccncc3)nc12. The molecule has 8 heteroatoms. The van der Waals surface area contributed by atoms with E-state index in [0.717, 1.165) is 11.1 Å². The van der Waals surface area contributed by atoms with Crippen LogP contribution in [0.15, 0.2) is 67.0 Å². The van der Waals surface area contributed by atoms with E-state index in [1.54, 1.807) is 48.8 Å². The molecule has 4 aromatic rings. The maximum atomic E-state index is 13.0. The molecule has 0 radical (unpaired) electrons. The van der Waals surface area contributed by atoms with Gasteiger partial charge >= 0.3 is 0 Å². The molecule has 31 heavy (non-hydrogen) atoms. The first-order valence-corrected chi connectivity index (χ1v) is 9.78. The molecule has 0 spiro atoms. The largest absolute Gasteiger partial charge is 0.508 e. The van der Waals surface area contributed by atoms with Gasteiger partial charge in [-0.25, -0.2) is 4.98 Å². The zero-order valence-corrected chi connectivity index (χ0v) is 16.6. The number of fused-ring (bicyclic) bond motifs is 1. The van der Waals surface area contributed by atoms with Crippen molar-refractivity contribution < 1.29 is 14.7 Å². The number of nitrogens with zero attached hydrogens (tertiary/aromatic N) is 2. The molecule has 0 bridgehead atoms. The first-order valence-electron chi connectivity index (χ1n) is 9.78. The molecule has 0 fully saturated rings. The second-order valence-electron chi connectivity index (χ2n) is 7.16. The smallest absolute Gasteiger partial charge is 0.254 e. The number of hydrogen-bond donors (Lipinski definition) is 4. The standard InChI is InChI=1S/C23H21N5O3/c24-21(30)19(9-6-14-4-7-16(29)8-5-14)27-23(31)17-2-1-3-18-20(17)28-22(26-18)15-10-12-25-13-11-15/h1-5,7-8,10-13,19,29H,6,9H2,(H2,24,30)(H,26,28)(H,27,31). The van der Waals surface area contributed by atoms with Gasteiger partial charge in [0.25, 0.3) is 5.91 Å². The molecule has 0 saturated carbocycles. The van der Waals surface area contributed by atoms with Crippen LogP contribution in [0.2, 0.25) is 0 Å². The van der Waals surface area contributed by atoms with Crippen molar-refractivity contribution in [3.8, 4) is 17.1 Å². The predicted octanol–water partition coefficient (Wildman–Crippen LogP) is 2.55. The number of primary amides is 1. The molecule has 2 aromatic carbocycles. The zero-order valence-electron chi connectivity index (χ0n) is 16.6. The van der Waals surface area contributed by atoms with E-state index in [9.17, 15) is 14.7 Å². The van der Waals surface area contributed by atoms with E-state index in [0.29, 0.717) is 35.3 Å². The van der Waals surface area contributed by atoms with E-state index in [1.165, 1.54) is 0 Å². The number of phenols is 1. The molecule has 0 aliphatic carbocycles. The molecule has 0 saturated heterocycles. The van der Waals surface area contributed by atoms with E-state index in [-0.39, 0.29) is 5.75 Å². The van der Waals surface area contributed by atoms with Gasteiger partial charge in [-0.05, 0) is 54.8 Å². The third-order valence-corrected chi connectivity index (χ3v) is 5.02. The second kappa shape index (κ2) is 8.66. The lowest BCUT2D eigenvalue weighted by Gasteiger charge is -2.15. The number of carbonyl (C=O) groups is 2.